The molecule has 2 rings (SSSR count). The van der Waals surface area contributed by atoms with Gasteiger partial charge in [0.25, 0.3) is 0 Å². The van der Waals surface area contributed by atoms with E-state index in [-0.39, 0.29) is 12.0 Å². The Morgan fingerprint density at radius 3 is 2.71 bits per heavy atom. The number of rotatable bonds is 6. The van der Waals surface area contributed by atoms with Gasteiger partial charge in [0.1, 0.15) is 5.54 Å². The Morgan fingerprint density at radius 2 is 2.24 bits per heavy atom. The van der Waals surface area contributed by atoms with Gasteiger partial charge >= 0.3 is 0 Å². The van der Waals surface area contributed by atoms with Crippen LogP contribution in [0.5, 0.6) is 0 Å². The van der Waals surface area contributed by atoms with Gasteiger partial charge in [0.2, 0.25) is 5.91 Å². The second-order valence-corrected chi connectivity index (χ2v) is 6.56. The molecule has 0 radical (unpaired) electrons. The largest absolute Gasteiger partial charge is 0.377 e. The highest BCUT2D eigenvalue weighted by Crippen LogP contribution is 2.30. The molecule has 3 unspecified atom stereocenters. The van der Waals surface area contributed by atoms with E-state index in [1.165, 1.54) is 0 Å². The van der Waals surface area contributed by atoms with Gasteiger partial charge in [-0.2, -0.15) is 11.8 Å². The van der Waals surface area contributed by atoms with Crippen molar-refractivity contribution in [3.63, 3.8) is 0 Å². The highest BCUT2D eigenvalue weighted by molar-refractivity contribution is 8.00. The number of primary amides is 1. The SMILES string of the molecule is CC1OCCC1SCC(C)(NC1CC1)C(N)=O. The van der Waals surface area contributed by atoms with Crippen molar-refractivity contribution in [3.05, 3.63) is 0 Å². The average molecular weight is 258 g/mol. The third kappa shape index (κ3) is 3.36. The van der Waals surface area contributed by atoms with Crippen molar-refractivity contribution in [2.45, 2.75) is 56.0 Å². The molecule has 2 fully saturated rings. The van der Waals surface area contributed by atoms with Gasteiger partial charge in [-0.25, -0.2) is 0 Å². The van der Waals surface area contributed by atoms with Crippen molar-refractivity contribution in [2.24, 2.45) is 5.73 Å². The summed E-state index contributed by atoms with van der Waals surface area (Å²) in [7, 11) is 0. The highest BCUT2D eigenvalue weighted by atomic mass is 32.2. The van der Waals surface area contributed by atoms with Gasteiger partial charge < -0.3 is 15.8 Å². The fourth-order valence-corrected chi connectivity index (χ4v) is 3.45. The van der Waals surface area contributed by atoms with Gasteiger partial charge in [0.15, 0.2) is 0 Å². The summed E-state index contributed by atoms with van der Waals surface area (Å²) in [4.78, 5) is 11.6. The predicted octanol–water partition coefficient (Wildman–Crippen LogP) is 0.893. The van der Waals surface area contributed by atoms with Crippen LogP contribution in [0, 0.1) is 0 Å². The molecule has 98 valence electrons. The first-order valence-electron chi connectivity index (χ1n) is 6.32. The lowest BCUT2D eigenvalue weighted by molar-refractivity contribution is -0.123. The Balaban J connectivity index is 1.86. The first-order chi connectivity index (χ1) is 8.01. The smallest absolute Gasteiger partial charge is 0.238 e. The van der Waals surface area contributed by atoms with Gasteiger partial charge in [-0.05, 0) is 33.1 Å². The summed E-state index contributed by atoms with van der Waals surface area (Å²) >= 11 is 1.81. The third-order valence-corrected chi connectivity index (χ3v) is 5.33. The van der Waals surface area contributed by atoms with Crippen LogP contribution in [-0.2, 0) is 9.53 Å². The van der Waals surface area contributed by atoms with E-state index < -0.39 is 5.54 Å². The van der Waals surface area contributed by atoms with Crippen LogP contribution in [0.1, 0.15) is 33.1 Å². The fraction of sp³-hybridized carbons (Fsp3) is 0.917. The molecule has 3 N–H and O–H groups in total. The predicted molar refractivity (Wildman–Crippen MR) is 70.0 cm³/mol. The molecule has 17 heavy (non-hydrogen) atoms. The van der Waals surface area contributed by atoms with Crippen LogP contribution < -0.4 is 11.1 Å². The normalized spacial score (nSPS) is 32.4. The zero-order valence-electron chi connectivity index (χ0n) is 10.6. The van der Waals surface area contributed by atoms with E-state index in [1.54, 1.807) is 0 Å². The maximum Gasteiger partial charge on any atom is 0.238 e. The number of carbonyl (C=O) groups excluding carboxylic acids is 1. The summed E-state index contributed by atoms with van der Waals surface area (Å²) in [6, 6.07) is 0.491. The van der Waals surface area contributed by atoms with Crippen molar-refractivity contribution in [1.82, 2.24) is 5.32 Å². The van der Waals surface area contributed by atoms with Crippen molar-refractivity contribution in [3.8, 4) is 0 Å². The number of ether oxygens (including phenoxy) is 1. The molecule has 5 heteroatoms. The lowest BCUT2D eigenvalue weighted by Crippen LogP contribution is -2.56. The maximum absolute atomic E-state index is 11.6. The number of hydrogen-bond acceptors (Lipinski definition) is 4. The molecule has 4 nitrogen and oxygen atoms in total. The van der Waals surface area contributed by atoms with Crippen LogP contribution >= 0.6 is 11.8 Å². The van der Waals surface area contributed by atoms with E-state index in [9.17, 15) is 4.79 Å². The molecular weight excluding hydrogens is 236 g/mol. The van der Waals surface area contributed by atoms with E-state index in [2.05, 4.69) is 12.2 Å². The highest BCUT2D eigenvalue weighted by Gasteiger charge is 2.38. The fourth-order valence-electron chi connectivity index (χ4n) is 2.07. The Morgan fingerprint density at radius 1 is 1.53 bits per heavy atom. The van der Waals surface area contributed by atoms with Gasteiger partial charge in [0, 0.05) is 23.7 Å². The van der Waals surface area contributed by atoms with E-state index in [0.29, 0.717) is 11.3 Å². The molecule has 0 aromatic heterocycles. The Hall–Kier alpha value is -0.260. The lowest BCUT2D eigenvalue weighted by Gasteiger charge is -2.29. The molecule has 0 aromatic carbocycles. The number of carbonyl (C=O) groups is 1. The minimum Gasteiger partial charge on any atom is -0.377 e. The Bertz CT molecular complexity index is 296. The molecule has 1 amide bonds. The summed E-state index contributed by atoms with van der Waals surface area (Å²) in [5.74, 6) is 0.487. The first-order valence-corrected chi connectivity index (χ1v) is 7.37. The summed E-state index contributed by atoms with van der Waals surface area (Å²) in [5, 5.41) is 3.86. The maximum atomic E-state index is 11.6. The summed E-state index contributed by atoms with van der Waals surface area (Å²) in [6.45, 7) is 4.85. The molecule has 3 atom stereocenters. The van der Waals surface area contributed by atoms with Crippen LogP contribution in [-0.4, -0.2) is 41.2 Å². The molecule has 1 saturated heterocycles. The molecule has 0 aromatic rings. The number of nitrogens with two attached hydrogens (primary N) is 1. The summed E-state index contributed by atoms with van der Waals surface area (Å²) < 4.78 is 5.53. The molecule has 2 aliphatic rings. The van der Waals surface area contributed by atoms with Gasteiger partial charge in [0.05, 0.1) is 6.10 Å². The number of amides is 1. The number of thioether (sulfide) groups is 1. The van der Waals surface area contributed by atoms with Crippen molar-refractivity contribution < 1.29 is 9.53 Å². The third-order valence-electron chi connectivity index (χ3n) is 3.54. The van der Waals surface area contributed by atoms with E-state index >= 15 is 0 Å². The summed E-state index contributed by atoms with van der Waals surface area (Å²) in [6.07, 6.45) is 3.69. The second-order valence-electron chi connectivity index (χ2n) is 5.33. The summed E-state index contributed by atoms with van der Waals surface area (Å²) in [5.41, 5.74) is 4.95. The van der Waals surface area contributed by atoms with Gasteiger partial charge in [-0.3, -0.25) is 4.79 Å². The van der Waals surface area contributed by atoms with Gasteiger partial charge in [-0.15, -0.1) is 0 Å². The molecule has 1 heterocycles. The lowest BCUT2D eigenvalue weighted by atomic mass is 10.1. The number of nitrogens with one attached hydrogen (secondary N) is 1. The van der Waals surface area contributed by atoms with Crippen LogP contribution in [0.3, 0.4) is 0 Å². The van der Waals surface area contributed by atoms with Crippen LogP contribution in [0.2, 0.25) is 0 Å². The minimum atomic E-state index is -0.575. The first kappa shape index (κ1) is 13.2. The average Bonchev–Trinajstić information content (AvgIpc) is 2.97. The Kier molecular flexibility index (Phi) is 4.00. The van der Waals surface area contributed by atoms with Crippen LogP contribution in [0.25, 0.3) is 0 Å². The molecule has 1 saturated carbocycles. The molecule has 0 bridgehead atoms. The van der Waals surface area contributed by atoms with Crippen molar-refractivity contribution in [2.75, 3.05) is 12.4 Å². The zero-order valence-corrected chi connectivity index (χ0v) is 11.4. The molecule has 1 aliphatic carbocycles. The van der Waals surface area contributed by atoms with Crippen molar-refractivity contribution >= 4 is 17.7 Å². The van der Waals surface area contributed by atoms with Crippen LogP contribution in [0.4, 0.5) is 0 Å². The Labute approximate surface area is 107 Å². The van der Waals surface area contributed by atoms with E-state index in [0.717, 1.165) is 31.6 Å². The zero-order chi connectivity index (χ0) is 12.5. The molecule has 1 aliphatic heterocycles. The van der Waals surface area contributed by atoms with E-state index in [1.807, 2.05) is 18.7 Å². The van der Waals surface area contributed by atoms with E-state index in [4.69, 9.17) is 10.5 Å². The van der Waals surface area contributed by atoms with Gasteiger partial charge in [-0.1, -0.05) is 0 Å². The molecular formula is C12H22N2O2S. The topological polar surface area (TPSA) is 64.3 Å². The van der Waals surface area contributed by atoms with Crippen molar-refractivity contribution in [1.29, 1.82) is 0 Å². The quantitative estimate of drug-likeness (QED) is 0.743. The standard InChI is InChI=1S/C12H22N2O2S/c1-8-10(5-6-16-8)17-7-12(2,11(13)15)14-9-3-4-9/h8-10,14H,3-7H2,1-2H3,(H2,13,15). The van der Waals surface area contributed by atoms with Crippen LogP contribution in [0.15, 0.2) is 0 Å². The monoisotopic (exact) mass is 258 g/mol. The molecule has 0 spiro atoms. The number of hydrogen-bond donors (Lipinski definition) is 2. The minimum absolute atomic E-state index is 0.247. The second kappa shape index (κ2) is 5.16.